The van der Waals surface area contributed by atoms with Gasteiger partial charge < -0.3 is 19.5 Å². The first-order valence-electron chi connectivity index (χ1n) is 7.36. The third kappa shape index (κ3) is 4.13. The summed E-state index contributed by atoms with van der Waals surface area (Å²) in [6, 6.07) is 10.4. The van der Waals surface area contributed by atoms with Gasteiger partial charge in [0, 0.05) is 12.6 Å². The Kier molecular flexibility index (Phi) is 5.82. The van der Waals surface area contributed by atoms with Crippen LogP contribution in [0.5, 0.6) is 17.2 Å². The molecule has 0 radical (unpaired) electrons. The maximum Gasteiger partial charge on any atom is 0.203 e. The topological polar surface area (TPSA) is 39.7 Å². The van der Waals surface area contributed by atoms with Gasteiger partial charge in [-0.1, -0.05) is 12.1 Å². The van der Waals surface area contributed by atoms with Crippen molar-refractivity contribution in [1.82, 2.24) is 5.32 Å². The van der Waals surface area contributed by atoms with E-state index in [-0.39, 0.29) is 11.9 Å². The minimum atomic E-state index is -0.230. The predicted molar refractivity (Wildman–Crippen MR) is 87.8 cm³/mol. The Hall–Kier alpha value is -2.27. The van der Waals surface area contributed by atoms with Crippen LogP contribution in [-0.2, 0) is 6.54 Å². The lowest BCUT2D eigenvalue weighted by molar-refractivity contribution is 0.323. The van der Waals surface area contributed by atoms with Crippen LogP contribution in [0.1, 0.15) is 24.1 Å². The predicted octanol–water partition coefficient (Wildman–Crippen LogP) is 3.70. The van der Waals surface area contributed by atoms with Crippen molar-refractivity contribution in [2.24, 2.45) is 0 Å². The quantitative estimate of drug-likeness (QED) is 0.844. The lowest BCUT2D eigenvalue weighted by atomic mass is 10.1. The normalized spacial score (nSPS) is 11.9. The van der Waals surface area contributed by atoms with Crippen LogP contribution in [0.3, 0.4) is 0 Å². The molecule has 0 aliphatic carbocycles. The first-order chi connectivity index (χ1) is 11.1. The highest BCUT2D eigenvalue weighted by atomic mass is 19.1. The van der Waals surface area contributed by atoms with Crippen molar-refractivity contribution in [3.63, 3.8) is 0 Å². The van der Waals surface area contributed by atoms with Crippen molar-refractivity contribution >= 4 is 0 Å². The van der Waals surface area contributed by atoms with Crippen molar-refractivity contribution in [1.29, 1.82) is 0 Å². The number of halogens is 1. The van der Waals surface area contributed by atoms with Gasteiger partial charge in [-0.3, -0.25) is 0 Å². The molecule has 1 N–H and O–H groups in total. The maximum atomic E-state index is 12.9. The van der Waals surface area contributed by atoms with Crippen LogP contribution < -0.4 is 19.5 Å². The van der Waals surface area contributed by atoms with Crippen LogP contribution in [0.25, 0.3) is 0 Å². The number of hydrogen-bond acceptors (Lipinski definition) is 4. The summed E-state index contributed by atoms with van der Waals surface area (Å²) in [5.41, 5.74) is 2.03. The molecule has 2 aromatic rings. The molecular weight excluding hydrogens is 297 g/mol. The van der Waals surface area contributed by atoms with Gasteiger partial charge in [-0.15, -0.1) is 0 Å². The highest BCUT2D eigenvalue weighted by Gasteiger charge is 2.16. The number of benzene rings is 2. The van der Waals surface area contributed by atoms with E-state index in [1.807, 2.05) is 19.1 Å². The molecule has 5 heteroatoms. The van der Waals surface area contributed by atoms with E-state index in [1.54, 1.807) is 33.5 Å². The average molecular weight is 319 g/mol. The van der Waals surface area contributed by atoms with Crippen molar-refractivity contribution < 1.29 is 18.6 Å². The Bertz CT molecular complexity index is 618. The Labute approximate surface area is 136 Å². The summed E-state index contributed by atoms with van der Waals surface area (Å²) in [7, 11) is 4.77. The fraction of sp³-hybridized carbons (Fsp3) is 0.333. The first-order valence-corrected chi connectivity index (χ1v) is 7.36. The standard InChI is InChI=1S/C18H22FNO3/c1-12(20-11-13-5-7-15(19)8-6-13)14-9-16(21-2)18(23-4)17(10-14)22-3/h5-10,12,20H,11H2,1-4H3. The van der Waals surface area contributed by atoms with Crippen LogP contribution in [0.15, 0.2) is 36.4 Å². The van der Waals surface area contributed by atoms with Gasteiger partial charge in [0.1, 0.15) is 5.82 Å². The van der Waals surface area contributed by atoms with Gasteiger partial charge in [0.05, 0.1) is 21.3 Å². The number of rotatable bonds is 7. The van der Waals surface area contributed by atoms with E-state index in [2.05, 4.69) is 5.32 Å². The molecule has 0 heterocycles. The van der Waals surface area contributed by atoms with Crippen molar-refractivity contribution in [3.8, 4) is 17.2 Å². The van der Waals surface area contributed by atoms with E-state index in [0.717, 1.165) is 11.1 Å². The molecule has 0 aliphatic heterocycles. The zero-order chi connectivity index (χ0) is 16.8. The summed E-state index contributed by atoms with van der Waals surface area (Å²) in [5, 5.41) is 3.40. The largest absolute Gasteiger partial charge is 0.493 e. The summed E-state index contributed by atoms with van der Waals surface area (Å²) in [4.78, 5) is 0. The van der Waals surface area contributed by atoms with E-state index in [0.29, 0.717) is 23.8 Å². The molecule has 0 saturated heterocycles. The molecular formula is C18H22FNO3. The molecule has 0 aromatic heterocycles. The molecule has 23 heavy (non-hydrogen) atoms. The maximum absolute atomic E-state index is 12.9. The van der Waals surface area contributed by atoms with E-state index >= 15 is 0 Å². The highest BCUT2D eigenvalue weighted by molar-refractivity contribution is 5.54. The van der Waals surface area contributed by atoms with Gasteiger partial charge in [-0.2, -0.15) is 0 Å². The average Bonchev–Trinajstić information content (AvgIpc) is 2.59. The Morgan fingerprint density at radius 2 is 1.52 bits per heavy atom. The minimum Gasteiger partial charge on any atom is -0.493 e. The van der Waals surface area contributed by atoms with Gasteiger partial charge in [0.2, 0.25) is 5.75 Å². The van der Waals surface area contributed by atoms with Crippen LogP contribution in [0, 0.1) is 5.82 Å². The van der Waals surface area contributed by atoms with E-state index in [1.165, 1.54) is 12.1 Å². The SMILES string of the molecule is COc1cc(C(C)NCc2ccc(F)cc2)cc(OC)c1OC. The molecule has 1 unspecified atom stereocenters. The van der Waals surface area contributed by atoms with E-state index < -0.39 is 0 Å². The lowest BCUT2D eigenvalue weighted by Crippen LogP contribution is -2.18. The molecule has 0 saturated carbocycles. The fourth-order valence-electron chi connectivity index (χ4n) is 2.34. The van der Waals surface area contributed by atoms with E-state index in [4.69, 9.17) is 14.2 Å². The molecule has 0 amide bonds. The third-order valence-corrected chi connectivity index (χ3v) is 3.71. The smallest absolute Gasteiger partial charge is 0.203 e. The summed E-state index contributed by atoms with van der Waals surface area (Å²) in [6.07, 6.45) is 0. The number of methoxy groups -OCH3 is 3. The van der Waals surface area contributed by atoms with Crippen molar-refractivity contribution in [2.45, 2.75) is 19.5 Å². The molecule has 0 fully saturated rings. The second kappa shape index (κ2) is 7.83. The Morgan fingerprint density at radius 1 is 0.957 bits per heavy atom. The van der Waals surface area contributed by atoms with Crippen LogP contribution in [0.4, 0.5) is 4.39 Å². The second-order valence-electron chi connectivity index (χ2n) is 5.19. The van der Waals surface area contributed by atoms with Crippen molar-refractivity contribution in [2.75, 3.05) is 21.3 Å². The summed E-state index contributed by atoms with van der Waals surface area (Å²) >= 11 is 0. The van der Waals surface area contributed by atoms with Gasteiger partial charge in [-0.25, -0.2) is 4.39 Å². The lowest BCUT2D eigenvalue weighted by Gasteiger charge is -2.19. The molecule has 1 atom stereocenters. The molecule has 0 aliphatic rings. The number of ether oxygens (including phenoxy) is 3. The van der Waals surface area contributed by atoms with Gasteiger partial charge in [-0.05, 0) is 42.3 Å². The van der Waals surface area contributed by atoms with Crippen LogP contribution in [-0.4, -0.2) is 21.3 Å². The Balaban J connectivity index is 2.15. The van der Waals surface area contributed by atoms with Gasteiger partial charge >= 0.3 is 0 Å². The fourth-order valence-corrected chi connectivity index (χ4v) is 2.34. The molecule has 4 nitrogen and oxygen atoms in total. The van der Waals surface area contributed by atoms with Crippen LogP contribution in [0.2, 0.25) is 0 Å². The highest BCUT2D eigenvalue weighted by Crippen LogP contribution is 2.39. The zero-order valence-corrected chi connectivity index (χ0v) is 13.9. The molecule has 2 aromatic carbocycles. The van der Waals surface area contributed by atoms with Gasteiger partial charge in [0.25, 0.3) is 0 Å². The molecule has 124 valence electrons. The molecule has 0 bridgehead atoms. The monoisotopic (exact) mass is 319 g/mol. The van der Waals surface area contributed by atoms with E-state index in [9.17, 15) is 4.39 Å². The minimum absolute atomic E-state index is 0.0637. The number of nitrogens with one attached hydrogen (secondary N) is 1. The summed E-state index contributed by atoms with van der Waals surface area (Å²) < 4.78 is 29.0. The molecule has 2 rings (SSSR count). The zero-order valence-electron chi connectivity index (χ0n) is 13.9. The van der Waals surface area contributed by atoms with Gasteiger partial charge in [0.15, 0.2) is 11.5 Å². The third-order valence-electron chi connectivity index (χ3n) is 3.71. The summed E-state index contributed by atoms with van der Waals surface area (Å²) in [5.74, 6) is 1.59. The van der Waals surface area contributed by atoms with Crippen LogP contribution >= 0.6 is 0 Å². The first kappa shape index (κ1) is 17.1. The number of hydrogen-bond donors (Lipinski definition) is 1. The Morgan fingerprint density at radius 3 is 2.00 bits per heavy atom. The second-order valence-corrected chi connectivity index (χ2v) is 5.19. The summed E-state index contributed by atoms with van der Waals surface area (Å²) in [6.45, 7) is 2.68. The molecule has 0 spiro atoms. The van der Waals surface area contributed by atoms with Crippen molar-refractivity contribution in [3.05, 3.63) is 53.3 Å².